The monoisotopic (exact) mass is 320 g/mol. The molecule has 0 saturated carbocycles. The maximum absolute atomic E-state index is 12.1. The molecule has 2 rings (SSSR count). The van der Waals surface area contributed by atoms with Crippen molar-refractivity contribution in [3.63, 3.8) is 0 Å². The minimum atomic E-state index is -0.422. The first-order valence-corrected chi connectivity index (χ1v) is 6.58. The molecule has 1 aromatic carbocycles. The molecule has 0 aliphatic heterocycles. The van der Waals surface area contributed by atoms with Crippen molar-refractivity contribution in [1.82, 2.24) is 10.3 Å². The highest BCUT2D eigenvalue weighted by Gasteiger charge is 2.16. The van der Waals surface area contributed by atoms with E-state index in [1.54, 1.807) is 18.5 Å². The number of rotatable bonds is 4. The van der Waals surface area contributed by atoms with Gasteiger partial charge in [-0.3, -0.25) is 9.78 Å². The van der Waals surface area contributed by atoms with Crippen LogP contribution in [0.25, 0.3) is 0 Å². The van der Waals surface area contributed by atoms with E-state index in [2.05, 4.69) is 26.2 Å². The third kappa shape index (κ3) is 3.39. The Morgan fingerprint density at radius 1 is 1.32 bits per heavy atom. The van der Waals surface area contributed by atoms with E-state index in [1.807, 2.05) is 30.3 Å². The summed E-state index contributed by atoms with van der Waals surface area (Å²) in [6.45, 7) is -0.154. The molecule has 19 heavy (non-hydrogen) atoms. The van der Waals surface area contributed by atoms with Crippen LogP contribution in [-0.4, -0.2) is 22.6 Å². The van der Waals surface area contributed by atoms with Gasteiger partial charge in [0.1, 0.15) is 0 Å². The average molecular weight is 321 g/mol. The van der Waals surface area contributed by atoms with Crippen molar-refractivity contribution in [3.05, 3.63) is 64.4 Å². The topological polar surface area (TPSA) is 62.2 Å². The van der Waals surface area contributed by atoms with E-state index in [-0.39, 0.29) is 12.5 Å². The lowest BCUT2D eigenvalue weighted by molar-refractivity contribution is 0.0915. The summed E-state index contributed by atoms with van der Waals surface area (Å²) >= 11 is 3.28. The fraction of sp³-hybridized carbons (Fsp3) is 0.143. The summed E-state index contributed by atoms with van der Waals surface area (Å²) in [6.07, 6.45) is 3.11. The summed E-state index contributed by atoms with van der Waals surface area (Å²) in [5, 5.41) is 12.2. The van der Waals surface area contributed by atoms with Gasteiger partial charge in [0.25, 0.3) is 5.91 Å². The molecule has 0 bridgehead atoms. The number of aromatic nitrogens is 1. The molecule has 0 aliphatic rings. The van der Waals surface area contributed by atoms with Crippen LogP contribution in [0.3, 0.4) is 0 Å². The number of nitrogens with zero attached hydrogens (tertiary/aromatic N) is 1. The molecule has 0 saturated heterocycles. The van der Waals surface area contributed by atoms with E-state index in [9.17, 15) is 9.90 Å². The highest BCUT2D eigenvalue weighted by molar-refractivity contribution is 9.10. The van der Waals surface area contributed by atoms with Gasteiger partial charge in [-0.25, -0.2) is 0 Å². The summed E-state index contributed by atoms with van der Waals surface area (Å²) in [4.78, 5) is 16.0. The number of pyridine rings is 1. The molecule has 0 aliphatic carbocycles. The van der Waals surface area contributed by atoms with E-state index in [4.69, 9.17) is 0 Å². The van der Waals surface area contributed by atoms with Crippen LogP contribution in [-0.2, 0) is 0 Å². The molecule has 4 nitrogen and oxygen atoms in total. The van der Waals surface area contributed by atoms with E-state index in [1.165, 1.54) is 0 Å². The Morgan fingerprint density at radius 2 is 2.05 bits per heavy atom. The lowest BCUT2D eigenvalue weighted by Crippen LogP contribution is -2.31. The Balaban J connectivity index is 2.16. The van der Waals surface area contributed by atoms with Crippen LogP contribution in [0.5, 0.6) is 0 Å². The molecular formula is C14H13BrN2O2. The Kier molecular flexibility index (Phi) is 4.65. The van der Waals surface area contributed by atoms with Crippen molar-refractivity contribution >= 4 is 21.8 Å². The molecular weight excluding hydrogens is 308 g/mol. The number of aliphatic hydroxyl groups is 1. The molecule has 98 valence electrons. The Hall–Kier alpha value is -1.72. The predicted octanol–water partition coefficient (Wildman–Crippen LogP) is 2.31. The summed E-state index contributed by atoms with van der Waals surface area (Å²) in [6, 6.07) is 10.6. The molecule has 0 radical (unpaired) electrons. The zero-order valence-corrected chi connectivity index (χ0v) is 11.7. The second-order valence-corrected chi connectivity index (χ2v) is 4.83. The fourth-order valence-electron chi connectivity index (χ4n) is 1.72. The Bertz CT molecular complexity index is 560. The SMILES string of the molecule is O=C(N[C@@H](CO)c1ccccc1)c1ccncc1Br. The maximum Gasteiger partial charge on any atom is 0.253 e. The van der Waals surface area contributed by atoms with Crippen LogP contribution in [0, 0.1) is 0 Å². The van der Waals surface area contributed by atoms with Crippen molar-refractivity contribution in [2.24, 2.45) is 0 Å². The number of halogens is 1. The van der Waals surface area contributed by atoms with Gasteiger partial charge >= 0.3 is 0 Å². The van der Waals surface area contributed by atoms with E-state index < -0.39 is 6.04 Å². The minimum Gasteiger partial charge on any atom is -0.394 e. The van der Waals surface area contributed by atoms with Crippen LogP contribution in [0.2, 0.25) is 0 Å². The first kappa shape index (κ1) is 13.7. The summed E-state index contributed by atoms with van der Waals surface area (Å²) in [5.41, 5.74) is 1.35. The van der Waals surface area contributed by atoms with Gasteiger partial charge in [-0.2, -0.15) is 0 Å². The van der Waals surface area contributed by atoms with Crippen LogP contribution in [0.15, 0.2) is 53.3 Å². The number of hydrogen-bond donors (Lipinski definition) is 2. The van der Waals surface area contributed by atoms with Crippen LogP contribution in [0.1, 0.15) is 22.0 Å². The molecule has 5 heteroatoms. The van der Waals surface area contributed by atoms with Crippen LogP contribution >= 0.6 is 15.9 Å². The molecule has 1 heterocycles. The molecule has 0 unspecified atom stereocenters. The van der Waals surface area contributed by atoms with Crippen LogP contribution in [0.4, 0.5) is 0 Å². The molecule has 1 atom stereocenters. The van der Waals surface area contributed by atoms with Crippen molar-refractivity contribution in [1.29, 1.82) is 0 Å². The summed E-state index contributed by atoms with van der Waals surface area (Å²) in [5.74, 6) is -0.253. The molecule has 1 aromatic heterocycles. The quantitative estimate of drug-likeness (QED) is 0.908. The first-order chi connectivity index (χ1) is 9.22. The van der Waals surface area contributed by atoms with Gasteiger partial charge in [0, 0.05) is 16.9 Å². The normalized spacial score (nSPS) is 11.9. The molecule has 0 spiro atoms. The second-order valence-electron chi connectivity index (χ2n) is 3.97. The number of amides is 1. The summed E-state index contributed by atoms with van der Waals surface area (Å²) in [7, 11) is 0. The third-order valence-corrected chi connectivity index (χ3v) is 3.34. The number of hydrogen-bond acceptors (Lipinski definition) is 3. The Labute approximate surface area is 119 Å². The van der Waals surface area contributed by atoms with Gasteiger partial charge in [-0.1, -0.05) is 30.3 Å². The van der Waals surface area contributed by atoms with Crippen molar-refractivity contribution in [3.8, 4) is 0 Å². The average Bonchev–Trinajstić information content (AvgIpc) is 2.46. The van der Waals surface area contributed by atoms with Gasteiger partial charge in [-0.05, 0) is 27.6 Å². The molecule has 1 amide bonds. The third-order valence-electron chi connectivity index (χ3n) is 2.71. The lowest BCUT2D eigenvalue weighted by Gasteiger charge is -2.17. The van der Waals surface area contributed by atoms with Crippen molar-refractivity contribution < 1.29 is 9.90 Å². The van der Waals surface area contributed by atoms with Crippen molar-refractivity contribution in [2.75, 3.05) is 6.61 Å². The predicted molar refractivity (Wildman–Crippen MR) is 75.7 cm³/mol. The number of carbonyl (C=O) groups is 1. The number of aliphatic hydroxyl groups excluding tert-OH is 1. The van der Waals surface area contributed by atoms with Gasteiger partial charge in [0.15, 0.2) is 0 Å². The molecule has 0 fully saturated rings. The van der Waals surface area contributed by atoms with E-state index >= 15 is 0 Å². The second kappa shape index (κ2) is 6.45. The van der Waals surface area contributed by atoms with Crippen LogP contribution < -0.4 is 5.32 Å². The summed E-state index contributed by atoms with van der Waals surface area (Å²) < 4.78 is 0.622. The number of carbonyl (C=O) groups excluding carboxylic acids is 1. The smallest absolute Gasteiger partial charge is 0.253 e. The number of benzene rings is 1. The first-order valence-electron chi connectivity index (χ1n) is 5.78. The zero-order valence-electron chi connectivity index (χ0n) is 10.1. The van der Waals surface area contributed by atoms with E-state index in [0.717, 1.165) is 5.56 Å². The minimum absolute atomic E-state index is 0.154. The van der Waals surface area contributed by atoms with Gasteiger partial charge in [0.2, 0.25) is 0 Å². The lowest BCUT2D eigenvalue weighted by atomic mass is 10.1. The van der Waals surface area contributed by atoms with Gasteiger partial charge in [-0.15, -0.1) is 0 Å². The Morgan fingerprint density at radius 3 is 2.68 bits per heavy atom. The fourth-order valence-corrected chi connectivity index (χ4v) is 2.15. The standard InChI is InChI=1S/C14H13BrN2O2/c15-12-8-16-7-6-11(12)14(19)17-13(9-18)10-4-2-1-3-5-10/h1-8,13,18H,9H2,(H,17,19)/t13-/m0/s1. The van der Waals surface area contributed by atoms with Crippen molar-refractivity contribution in [2.45, 2.75) is 6.04 Å². The number of nitrogens with one attached hydrogen (secondary N) is 1. The zero-order chi connectivity index (χ0) is 13.7. The van der Waals surface area contributed by atoms with Gasteiger partial charge in [0.05, 0.1) is 18.2 Å². The molecule has 2 N–H and O–H groups in total. The largest absolute Gasteiger partial charge is 0.394 e. The van der Waals surface area contributed by atoms with E-state index in [0.29, 0.717) is 10.0 Å². The highest BCUT2D eigenvalue weighted by Crippen LogP contribution is 2.17. The van der Waals surface area contributed by atoms with Gasteiger partial charge < -0.3 is 10.4 Å². The highest BCUT2D eigenvalue weighted by atomic mass is 79.9. The maximum atomic E-state index is 12.1. The molecule has 2 aromatic rings.